The first-order valence-electron chi connectivity index (χ1n) is 14.5. The molecule has 2 heterocycles. The fraction of sp³-hybridized carbons (Fsp3) is 0.0250. The number of pyridine rings is 1. The van der Waals surface area contributed by atoms with Crippen LogP contribution in [0.1, 0.15) is 6.42 Å². The molecule has 2 heteroatoms. The average molecular weight is 536 g/mol. The van der Waals surface area contributed by atoms with Crippen molar-refractivity contribution in [2.24, 2.45) is 0 Å². The Kier molecular flexibility index (Phi) is 4.99. The van der Waals surface area contributed by atoms with Crippen LogP contribution in [0.25, 0.3) is 88.8 Å². The van der Waals surface area contributed by atoms with Crippen molar-refractivity contribution in [1.29, 1.82) is 0 Å². The number of rotatable bonds is 2. The van der Waals surface area contributed by atoms with Gasteiger partial charge in [-0.05, 0) is 79.4 Å². The predicted octanol–water partition coefficient (Wildman–Crippen LogP) is 9.30. The summed E-state index contributed by atoms with van der Waals surface area (Å²) in [6.07, 6.45) is 11.7. The van der Waals surface area contributed by atoms with Crippen molar-refractivity contribution in [1.82, 2.24) is 4.98 Å². The van der Waals surface area contributed by atoms with Gasteiger partial charge in [0.1, 0.15) is 11.2 Å². The molecule has 42 heavy (non-hydrogen) atoms. The number of nitrogens with zero attached hydrogens (tertiary/aromatic N) is 1. The van der Waals surface area contributed by atoms with Gasteiger partial charge < -0.3 is 4.42 Å². The molecule has 0 saturated carbocycles. The maximum absolute atomic E-state index is 6.81. The SMILES string of the molecule is C1=CCC=c2c(-c3ccc4oc5ccc(-c6cccc7cccnc67)c6cccc(c7cccc3c47)c56)cccc2=C1. The molecule has 0 radical (unpaired) electrons. The second-order valence-electron chi connectivity index (χ2n) is 11.0. The molecule has 9 rings (SSSR count). The first-order valence-corrected chi connectivity index (χ1v) is 14.5. The fourth-order valence-corrected chi connectivity index (χ4v) is 6.90. The average Bonchev–Trinajstić information content (AvgIpc) is 3.37. The van der Waals surface area contributed by atoms with Crippen LogP contribution in [0, 0.1) is 0 Å². The summed E-state index contributed by atoms with van der Waals surface area (Å²) in [4.78, 5) is 4.76. The Morgan fingerprint density at radius 1 is 0.548 bits per heavy atom. The minimum absolute atomic E-state index is 0.880. The first-order chi connectivity index (χ1) is 20.8. The normalized spacial score (nSPS) is 13.0. The molecule has 1 aliphatic rings. The van der Waals surface area contributed by atoms with Gasteiger partial charge in [0.25, 0.3) is 0 Å². The van der Waals surface area contributed by atoms with Crippen LogP contribution in [0.4, 0.5) is 0 Å². The largest absolute Gasteiger partial charge is 0.456 e. The molecule has 0 unspecified atom stereocenters. The van der Waals surface area contributed by atoms with E-state index in [1.165, 1.54) is 43.1 Å². The highest BCUT2D eigenvalue weighted by molar-refractivity contribution is 6.26. The number of hydrogen-bond acceptors (Lipinski definition) is 2. The molecule has 0 atom stereocenters. The van der Waals surface area contributed by atoms with E-state index in [9.17, 15) is 0 Å². The highest BCUT2D eigenvalue weighted by Crippen LogP contribution is 2.42. The van der Waals surface area contributed by atoms with Gasteiger partial charge in [-0.1, -0.05) is 109 Å². The Morgan fingerprint density at radius 2 is 1.19 bits per heavy atom. The summed E-state index contributed by atoms with van der Waals surface area (Å²) in [5.74, 6) is 0. The van der Waals surface area contributed by atoms with Crippen LogP contribution in [0.2, 0.25) is 0 Å². The van der Waals surface area contributed by atoms with E-state index >= 15 is 0 Å². The third-order valence-corrected chi connectivity index (χ3v) is 8.74. The van der Waals surface area contributed by atoms with Gasteiger partial charge in [-0.25, -0.2) is 0 Å². The van der Waals surface area contributed by atoms with E-state index in [2.05, 4.69) is 127 Å². The lowest BCUT2D eigenvalue weighted by Crippen LogP contribution is -2.25. The molecular formula is C40H25NO. The quantitative estimate of drug-likeness (QED) is 0.220. The molecule has 0 fully saturated rings. The van der Waals surface area contributed by atoms with Crippen LogP contribution >= 0.6 is 0 Å². The van der Waals surface area contributed by atoms with Gasteiger partial charge in [0.2, 0.25) is 0 Å². The molecule has 0 N–H and O–H groups in total. The minimum Gasteiger partial charge on any atom is -0.456 e. The van der Waals surface area contributed by atoms with E-state index in [0.717, 1.165) is 50.4 Å². The van der Waals surface area contributed by atoms with Crippen molar-refractivity contribution in [3.05, 3.63) is 138 Å². The first kappa shape index (κ1) is 23.3. The summed E-state index contributed by atoms with van der Waals surface area (Å²) in [7, 11) is 0. The minimum atomic E-state index is 0.880. The number of fused-ring (bicyclic) bond motifs is 3. The zero-order valence-electron chi connectivity index (χ0n) is 22.8. The second kappa shape index (κ2) is 9.02. The standard InChI is InChI=1S/C40H25NO/c1-2-9-25-10-4-14-28(27(25)13-3-1)29-20-22-36-38-31(29)15-6-17-33(38)34-18-7-16-32-30(21-23-37(42-36)39(32)34)35-19-5-11-26-12-8-24-41-40(26)35/h1-2,4-24H,3H2. The Hall–Kier alpha value is -5.47. The zero-order chi connectivity index (χ0) is 27.6. The molecule has 1 aliphatic carbocycles. The number of allylic oxidation sites excluding steroid dienone is 2. The summed E-state index contributed by atoms with van der Waals surface area (Å²) in [6, 6.07) is 39.1. The number of hydrogen-bond donors (Lipinski definition) is 0. The molecule has 196 valence electrons. The van der Waals surface area contributed by atoms with Crippen molar-refractivity contribution in [3.63, 3.8) is 0 Å². The summed E-state index contributed by atoms with van der Waals surface area (Å²) in [5, 5.41) is 10.7. The third kappa shape index (κ3) is 3.36. The number of aromatic nitrogens is 1. The van der Waals surface area contributed by atoms with Crippen LogP contribution in [-0.2, 0) is 0 Å². The number of benzene rings is 6. The van der Waals surface area contributed by atoms with Gasteiger partial charge in [0, 0.05) is 27.9 Å². The lowest BCUT2D eigenvalue weighted by atomic mass is 9.91. The van der Waals surface area contributed by atoms with Crippen molar-refractivity contribution in [3.8, 4) is 22.3 Å². The van der Waals surface area contributed by atoms with Crippen LogP contribution in [0.15, 0.2) is 132 Å². The molecule has 0 saturated heterocycles. The molecule has 0 amide bonds. The maximum Gasteiger partial charge on any atom is 0.135 e. The van der Waals surface area contributed by atoms with E-state index < -0.39 is 0 Å². The summed E-state index contributed by atoms with van der Waals surface area (Å²) >= 11 is 0. The monoisotopic (exact) mass is 535 g/mol. The van der Waals surface area contributed by atoms with E-state index in [-0.39, 0.29) is 0 Å². The van der Waals surface area contributed by atoms with Gasteiger partial charge in [0.15, 0.2) is 0 Å². The predicted molar refractivity (Wildman–Crippen MR) is 177 cm³/mol. The van der Waals surface area contributed by atoms with Gasteiger partial charge in [0.05, 0.1) is 5.52 Å². The molecule has 0 aliphatic heterocycles. The van der Waals surface area contributed by atoms with E-state index in [1.54, 1.807) is 0 Å². The molecule has 2 nitrogen and oxygen atoms in total. The van der Waals surface area contributed by atoms with E-state index in [4.69, 9.17) is 9.40 Å². The van der Waals surface area contributed by atoms with Gasteiger partial charge in [-0.3, -0.25) is 4.98 Å². The van der Waals surface area contributed by atoms with Crippen LogP contribution < -0.4 is 10.4 Å². The fourth-order valence-electron chi connectivity index (χ4n) is 6.90. The molecule has 0 spiro atoms. The molecule has 6 aromatic carbocycles. The van der Waals surface area contributed by atoms with Gasteiger partial charge in [-0.15, -0.1) is 0 Å². The van der Waals surface area contributed by atoms with E-state index in [0.29, 0.717) is 0 Å². The highest BCUT2D eigenvalue weighted by Gasteiger charge is 2.17. The van der Waals surface area contributed by atoms with Crippen molar-refractivity contribution < 1.29 is 4.42 Å². The van der Waals surface area contributed by atoms with E-state index in [1.807, 2.05) is 12.3 Å². The van der Waals surface area contributed by atoms with Crippen LogP contribution in [0.3, 0.4) is 0 Å². The lowest BCUT2D eigenvalue weighted by molar-refractivity contribution is 0.664. The lowest BCUT2D eigenvalue weighted by Gasteiger charge is -2.11. The molecule has 8 aromatic rings. The summed E-state index contributed by atoms with van der Waals surface area (Å²) in [6.45, 7) is 0. The summed E-state index contributed by atoms with van der Waals surface area (Å²) < 4.78 is 6.81. The van der Waals surface area contributed by atoms with Crippen molar-refractivity contribution >= 4 is 66.5 Å². The second-order valence-corrected chi connectivity index (χ2v) is 11.0. The topological polar surface area (TPSA) is 26.0 Å². The Labute approximate surface area is 242 Å². The van der Waals surface area contributed by atoms with Crippen LogP contribution in [0.5, 0.6) is 0 Å². The molecule has 0 bridgehead atoms. The Bertz CT molecular complexity index is 2540. The van der Waals surface area contributed by atoms with Gasteiger partial charge in [-0.2, -0.15) is 0 Å². The zero-order valence-corrected chi connectivity index (χ0v) is 22.8. The highest BCUT2D eigenvalue weighted by atomic mass is 16.3. The van der Waals surface area contributed by atoms with Crippen molar-refractivity contribution in [2.45, 2.75) is 6.42 Å². The van der Waals surface area contributed by atoms with Crippen LogP contribution in [-0.4, -0.2) is 4.98 Å². The smallest absolute Gasteiger partial charge is 0.135 e. The molecule has 2 aromatic heterocycles. The number of para-hydroxylation sites is 1. The van der Waals surface area contributed by atoms with Gasteiger partial charge >= 0.3 is 0 Å². The Morgan fingerprint density at radius 3 is 1.98 bits per heavy atom. The third-order valence-electron chi connectivity index (χ3n) is 8.74. The Balaban J connectivity index is 1.40. The van der Waals surface area contributed by atoms with Crippen molar-refractivity contribution in [2.75, 3.05) is 0 Å². The maximum atomic E-state index is 6.81. The molecular weight excluding hydrogens is 510 g/mol. The summed E-state index contributed by atoms with van der Waals surface area (Å²) in [5.41, 5.74) is 7.55.